The molecule has 1 aliphatic rings. The molecule has 0 aromatic heterocycles. The minimum atomic E-state index is -0.708. The van der Waals surface area contributed by atoms with Crippen molar-refractivity contribution >= 4 is 11.6 Å². The van der Waals surface area contributed by atoms with Gasteiger partial charge in [-0.05, 0) is 6.42 Å². The van der Waals surface area contributed by atoms with E-state index in [4.69, 9.17) is 5.11 Å². The van der Waals surface area contributed by atoms with Crippen molar-refractivity contribution < 1.29 is 19.8 Å². The van der Waals surface area contributed by atoms with Crippen molar-refractivity contribution in [2.75, 3.05) is 0 Å². The molecule has 0 aliphatic heterocycles. The highest BCUT2D eigenvalue weighted by atomic mass is 16.3. The molecule has 0 aromatic carbocycles. The van der Waals surface area contributed by atoms with Gasteiger partial charge in [0.1, 0.15) is 0 Å². The van der Waals surface area contributed by atoms with Crippen LogP contribution in [0.25, 0.3) is 0 Å². The van der Waals surface area contributed by atoms with E-state index >= 15 is 0 Å². The van der Waals surface area contributed by atoms with Gasteiger partial charge < -0.3 is 10.2 Å². The predicted octanol–water partition coefficient (Wildman–Crippen LogP) is 1.19. The highest BCUT2D eigenvalue weighted by molar-refractivity contribution is 6.20. The summed E-state index contributed by atoms with van der Waals surface area (Å²) in [6.45, 7) is 1.81. The first-order chi connectivity index (χ1) is 6.07. The van der Waals surface area contributed by atoms with E-state index in [1.807, 2.05) is 6.92 Å². The molecule has 0 spiro atoms. The number of allylic oxidation sites excluding steroid dienone is 2. The Morgan fingerprint density at radius 1 is 1.31 bits per heavy atom. The Morgan fingerprint density at radius 2 is 1.92 bits per heavy atom. The standard InChI is InChI=1S/C9H10O4/c1-2-3-5-8(12)6(10)4-7(11)9(5)13/h4,10,13H,2-3H2,1H3. The lowest BCUT2D eigenvalue weighted by molar-refractivity contribution is -0.119. The fourth-order valence-electron chi connectivity index (χ4n) is 1.15. The maximum absolute atomic E-state index is 11.2. The molecule has 0 saturated heterocycles. The van der Waals surface area contributed by atoms with Crippen LogP contribution in [-0.2, 0) is 9.59 Å². The van der Waals surface area contributed by atoms with Crippen molar-refractivity contribution in [3.05, 3.63) is 23.2 Å². The fourth-order valence-corrected chi connectivity index (χ4v) is 1.15. The fraction of sp³-hybridized carbons (Fsp3) is 0.333. The van der Waals surface area contributed by atoms with Crippen LogP contribution in [0, 0.1) is 0 Å². The summed E-state index contributed by atoms with van der Waals surface area (Å²) in [5.74, 6) is -2.49. The van der Waals surface area contributed by atoms with Crippen molar-refractivity contribution in [1.29, 1.82) is 0 Å². The first-order valence-corrected chi connectivity index (χ1v) is 3.99. The van der Waals surface area contributed by atoms with Crippen LogP contribution in [0.2, 0.25) is 0 Å². The molecule has 0 aromatic rings. The molecule has 0 amide bonds. The van der Waals surface area contributed by atoms with Gasteiger partial charge in [-0.2, -0.15) is 0 Å². The van der Waals surface area contributed by atoms with E-state index in [1.54, 1.807) is 0 Å². The van der Waals surface area contributed by atoms with Crippen LogP contribution in [0.3, 0.4) is 0 Å². The van der Waals surface area contributed by atoms with Gasteiger partial charge in [-0.1, -0.05) is 13.3 Å². The van der Waals surface area contributed by atoms with Gasteiger partial charge in [0.15, 0.2) is 11.5 Å². The number of hydrogen-bond acceptors (Lipinski definition) is 4. The first kappa shape index (κ1) is 9.51. The van der Waals surface area contributed by atoms with E-state index in [0.717, 1.165) is 6.08 Å². The lowest BCUT2D eigenvalue weighted by Gasteiger charge is -2.10. The average Bonchev–Trinajstić information content (AvgIpc) is 2.09. The molecule has 1 rings (SSSR count). The van der Waals surface area contributed by atoms with Gasteiger partial charge in [0.25, 0.3) is 0 Å². The quantitative estimate of drug-likeness (QED) is 0.629. The third-order valence-corrected chi connectivity index (χ3v) is 1.79. The van der Waals surface area contributed by atoms with Crippen molar-refractivity contribution in [2.24, 2.45) is 0 Å². The number of Topliss-reactive ketones (excluding diaryl/α,β-unsaturated/α-hetero) is 1. The van der Waals surface area contributed by atoms with Crippen LogP contribution in [0.5, 0.6) is 0 Å². The molecule has 0 atom stereocenters. The van der Waals surface area contributed by atoms with Gasteiger partial charge >= 0.3 is 0 Å². The summed E-state index contributed by atoms with van der Waals surface area (Å²) in [6, 6.07) is 0. The summed E-state index contributed by atoms with van der Waals surface area (Å²) in [5.41, 5.74) is 0.00694. The summed E-state index contributed by atoms with van der Waals surface area (Å²) in [6.07, 6.45) is 1.66. The summed E-state index contributed by atoms with van der Waals surface area (Å²) in [7, 11) is 0. The van der Waals surface area contributed by atoms with Gasteiger partial charge in [-0.25, -0.2) is 0 Å². The van der Waals surface area contributed by atoms with E-state index in [-0.39, 0.29) is 5.57 Å². The minimum Gasteiger partial charge on any atom is -0.504 e. The van der Waals surface area contributed by atoms with E-state index in [0.29, 0.717) is 12.8 Å². The Morgan fingerprint density at radius 3 is 2.46 bits per heavy atom. The van der Waals surface area contributed by atoms with Gasteiger partial charge in [-0.3, -0.25) is 9.59 Å². The van der Waals surface area contributed by atoms with Crippen molar-refractivity contribution in [3.8, 4) is 0 Å². The van der Waals surface area contributed by atoms with Gasteiger partial charge in [0.2, 0.25) is 11.6 Å². The lowest BCUT2D eigenvalue weighted by atomic mass is 9.96. The first-order valence-electron chi connectivity index (χ1n) is 3.99. The zero-order chi connectivity index (χ0) is 10.0. The third kappa shape index (κ3) is 1.61. The molecule has 2 N–H and O–H groups in total. The van der Waals surface area contributed by atoms with E-state index in [9.17, 15) is 14.7 Å². The Labute approximate surface area is 75.2 Å². The summed E-state index contributed by atoms with van der Waals surface area (Å²) < 4.78 is 0. The molecule has 0 bridgehead atoms. The number of carbonyl (C=O) groups is 2. The number of rotatable bonds is 2. The third-order valence-electron chi connectivity index (χ3n) is 1.79. The van der Waals surface area contributed by atoms with Crippen molar-refractivity contribution in [1.82, 2.24) is 0 Å². The molecule has 0 fully saturated rings. The molecule has 0 heterocycles. The maximum Gasteiger partial charge on any atom is 0.227 e. The van der Waals surface area contributed by atoms with E-state index < -0.39 is 23.1 Å². The highest BCUT2D eigenvalue weighted by Crippen LogP contribution is 2.19. The van der Waals surface area contributed by atoms with Gasteiger partial charge in [0.05, 0.1) is 0 Å². The van der Waals surface area contributed by atoms with Crippen molar-refractivity contribution in [3.63, 3.8) is 0 Å². The maximum atomic E-state index is 11.2. The zero-order valence-corrected chi connectivity index (χ0v) is 7.20. The smallest absolute Gasteiger partial charge is 0.227 e. The average molecular weight is 182 g/mol. The Balaban J connectivity index is 3.07. The molecule has 0 radical (unpaired) electrons. The van der Waals surface area contributed by atoms with Crippen LogP contribution in [0.4, 0.5) is 0 Å². The van der Waals surface area contributed by atoms with Gasteiger partial charge in [-0.15, -0.1) is 0 Å². The van der Waals surface area contributed by atoms with E-state index in [1.165, 1.54) is 0 Å². The molecule has 4 heteroatoms. The lowest BCUT2D eigenvalue weighted by Crippen LogP contribution is -2.19. The minimum absolute atomic E-state index is 0.00694. The largest absolute Gasteiger partial charge is 0.504 e. The molecular weight excluding hydrogens is 172 g/mol. The number of aliphatic hydroxyl groups is 2. The number of aliphatic hydroxyl groups excluding tert-OH is 2. The van der Waals surface area contributed by atoms with E-state index in [2.05, 4.69) is 0 Å². The second kappa shape index (κ2) is 3.43. The molecular formula is C9H10O4. The molecule has 4 nitrogen and oxygen atoms in total. The van der Waals surface area contributed by atoms with Crippen LogP contribution in [0.15, 0.2) is 23.2 Å². The molecule has 1 aliphatic carbocycles. The number of hydrogen-bond donors (Lipinski definition) is 2. The SMILES string of the molecule is CCCC1=C(O)C(=O)C=C(O)C1=O. The Bertz CT molecular complexity index is 323. The van der Waals surface area contributed by atoms with Crippen LogP contribution >= 0.6 is 0 Å². The van der Waals surface area contributed by atoms with Gasteiger partial charge in [0, 0.05) is 11.6 Å². The summed E-state index contributed by atoms with van der Waals surface area (Å²) >= 11 is 0. The zero-order valence-electron chi connectivity index (χ0n) is 7.20. The molecule has 0 unspecified atom stereocenters. The van der Waals surface area contributed by atoms with Crippen LogP contribution < -0.4 is 0 Å². The monoisotopic (exact) mass is 182 g/mol. The number of ketones is 2. The van der Waals surface area contributed by atoms with Crippen molar-refractivity contribution in [2.45, 2.75) is 19.8 Å². The second-order valence-corrected chi connectivity index (χ2v) is 2.80. The second-order valence-electron chi connectivity index (χ2n) is 2.80. The van der Waals surface area contributed by atoms with Crippen LogP contribution in [-0.4, -0.2) is 21.8 Å². The number of carbonyl (C=O) groups excluding carboxylic acids is 2. The summed E-state index contributed by atoms with van der Waals surface area (Å²) in [5, 5.41) is 18.2. The highest BCUT2D eigenvalue weighted by Gasteiger charge is 2.27. The summed E-state index contributed by atoms with van der Waals surface area (Å²) in [4.78, 5) is 22.1. The Kier molecular flexibility index (Phi) is 2.51. The topological polar surface area (TPSA) is 74.6 Å². The predicted molar refractivity (Wildman–Crippen MR) is 45.3 cm³/mol. The molecule has 13 heavy (non-hydrogen) atoms. The Hall–Kier alpha value is -1.58. The molecule has 70 valence electrons. The normalized spacial score (nSPS) is 17.8. The van der Waals surface area contributed by atoms with Crippen LogP contribution in [0.1, 0.15) is 19.8 Å². The molecule has 0 saturated carbocycles.